The van der Waals surface area contributed by atoms with Crippen LogP contribution in [0.1, 0.15) is 27.8 Å². The zero-order valence-electron chi connectivity index (χ0n) is 12.3. The zero-order chi connectivity index (χ0) is 15.5. The lowest BCUT2D eigenvalue weighted by Crippen LogP contribution is -2.23. The molecule has 7 heteroatoms. The molecule has 0 saturated carbocycles. The van der Waals surface area contributed by atoms with E-state index in [1.165, 1.54) is 0 Å². The first-order valence-electron chi connectivity index (χ1n) is 6.82. The highest BCUT2D eigenvalue weighted by Crippen LogP contribution is 2.13. The van der Waals surface area contributed by atoms with Crippen LogP contribution in [0.25, 0.3) is 5.69 Å². The van der Waals surface area contributed by atoms with Crippen molar-refractivity contribution in [1.29, 1.82) is 0 Å². The molecule has 3 aromatic rings. The third kappa shape index (κ3) is 2.73. The first-order chi connectivity index (χ1) is 10.6. The molecule has 1 N–H and O–H groups in total. The number of carbonyl (C=O) groups excluding carboxylic acids is 1. The molecule has 0 spiro atoms. The Hall–Kier alpha value is -2.96. The van der Waals surface area contributed by atoms with Crippen LogP contribution in [0.5, 0.6) is 0 Å². The van der Waals surface area contributed by atoms with Crippen molar-refractivity contribution in [3.63, 3.8) is 0 Å². The Morgan fingerprint density at radius 1 is 1.27 bits per heavy atom. The predicted octanol–water partition coefficient (Wildman–Crippen LogP) is 1.80. The van der Waals surface area contributed by atoms with Crippen LogP contribution < -0.4 is 5.32 Å². The Kier molecular flexibility index (Phi) is 3.69. The summed E-state index contributed by atoms with van der Waals surface area (Å²) in [6, 6.07) is 9.65. The van der Waals surface area contributed by atoms with Gasteiger partial charge in [-0.25, -0.2) is 4.68 Å². The molecule has 2 heterocycles. The van der Waals surface area contributed by atoms with Gasteiger partial charge in [0.2, 0.25) is 5.89 Å². The molecule has 0 fully saturated rings. The number of amides is 1. The second kappa shape index (κ2) is 5.80. The van der Waals surface area contributed by atoms with E-state index >= 15 is 0 Å². The lowest BCUT2D eigenvalue weighted by molar-refractivity contribution is 0.0945. The number of nitrogens with one attached hydrogen (secondary N) is 1. The number of hydrogen-bond acceptors (Lipinski definition) is 5. The smallest absolute Gasteiger partial charge is 0.255 e. The normalized spacial score (nSPS) is 10.6. The van der Waals surface area contributed by atoms with Gasteiger partial charge in [0, 0.05) is 0 Å². The number of nitrogens with zero attached hydrogens (tertiary/aromatic N) is 4. The summed E-state index contributed by atoms with van der Waals surface area (Å²) in [5.41, 5.74) is 2.19. The molecule has 0 unspecified atom stereocenters. The van der Waals surface area contributed by atoms with Crippen LogP contribution >= 0.6 is 0 Å². The highest BCUT2D eigenvalue weighted by atomic mass is 16.5. The maximum atomic E-state index is 12.2. The number of aromatic nitrogens is 4. The van der Waals surface area contributed by atoms with Crippen molar-refractivity contribution in [2.75, 3.05) is 0 Å². The lowest BCUT2D eigenvalue weighted by Gasteiger charge is -2.05. The van der Waals surface area contributed by atoms with Crippen LogP contribution in [-0.4, -0.2) is 25.8 Å². The van der Waals surface area contributed by atoms with Crippen LogP contribution in [0.15, 0.2) is 41.1 Å². The maximum Gasteiger partial charge on any atom is 0.255 e. The molecule has 0 aliphatic carbocycles. The summed E-state index contributed by atoms with van der Waals surface area (Å²) in [6.07, 6.45) is 1.55. The highest BCUT2D eigenvalue weighted by Gasteiger charge is 2.15. The second-order valence-corrected chi connectivity index (χ2v) is 4.81. The van der Waals surface area contributed by atoms with Gasteiger partial charge in [0.05, 0.1) is 29.7 Å². The molecule has 0 aliphatic heterocycles. The van der Waals surface area contributed by atoms with E-state index in [1.54, 1.807) is 17.8 Å². The Bertz CT molecular complexity index is 791. The Balaban J connectivity index is 1.75. The minimum atomic E-state index is -0.226. The number of hydrogen-bond donors (Lipinski definition) is 1. The average Bonchev–Trinajstić information content (AvgIpc) is 3.12. The number of aryl methyl sites for hydroxylation is 1. The van der Waals surface area contributed by atoms with Gasteiger partial charge in [-0.15, -0.1) is 0 Å². The molecule has 0 radical (unpaired) electrons. The summed E-state index contributed by atoms with van der Waals surface area (Å²) < 4.78 is 6.69. The Labute approximate surface area is 127 Å². The van der Waals surface area contributed by atoms with E-state index in [-0.39, 0.29) is 12.5 Å². The summed E-state index contributed by atoms with van der Waals surface area (Å²) in [4.78, 5) is 16.3. The van der Waals surface area contributed by atoms with E-state index in [1.807, 2.05) is 37.3 Å². The van der Waals surface area contributed by atoms with Gasteiger partial charge in [0.15, 0.2) is 5.82 Å². The summed E-state index contributed by atoms with van der Waals surface area (Å²) in [5, 5.41) is 10.7. The molecule has 0 aliphatic rings. The van der Waals surface area contributed by atoms with E-state index in [2.05, 4.69) is 20.6 Å². The van der Waals surface area contributed by atoms with Crippen LogP contribution in [0.2, 0.25) is 0 Å². The van der Waals surface area contributed by atoms with E-state index in [4.69, 9.17) is 4.52 Å². The summed E-state index contributed by atoms with van der Waals surface area (Å²) in [6.45, 7) is 3.77. The van der Waals surface area contributed by atoms with Gasteiger partial charge in [-0.3, -0.25) is 4.79 Å². The zero-order valence-corrected chi connectivity index (χ0v) is 12.3. The van der Waals surface area contributed by atoms with Crippen LogP contribution in [0.4, 0.5) is 0 Å². The minimum absolute atomic E-state index is 0.190. The molecule has 0 atom stereocenters. The summed E-state index contributed by atoms with van der Waals surface area (Å²) in [7, 11) is 0. The molecule has 7 nitrogen and oxygen atoms in total. The number of para-hydroxylation sites is 1. The van der Waals surface area contributed by atoms with Crippen LogP contribution in [0.3, 0.4) is 0 Å². The van der Waals surface area contributed by atoms with Crippen molar-refractivity contribution in [3.05, 3.63) is 59.5 Å². The van der Waals surface area contributed by atoms with Crippen molar-refractivity contribution in [2.45, 2.75) is 20.4 Å². The lowest BCUT2D eigenvalue weighted by atomic mass is 10.2. The fraction of sp³-hybridized carbons (Fsp3) is 0.200. The standard InChI is InChI=1S/C15H15N5O2/c1-10-13(8-17-20(10)12-6-4-3-5-7-12)15(21)16-9-14-18-11(2)19-22-14/h3-8H,9H2,1-2H3,(H,16,21). The van der Waals surface area contributed by atoms with Gasteiger partial charge in [-0.2, -0.15) is 10.1 Å². The number of benzene rings is 1. The maximum absolute atomic E-state index is 12.2. The molecule has 1 aromatic carbocycles. The van der Waals surface area contributed by atoms with Crippen LogP contribution in [-0.2, 0) is 6.54 Å². The minimum Gasteiger partial charge on any atom is -0.343 e. The molecule has 0 saturated heterocycles. The van der Waals surface area contributed by atoms with Gasteiger partial charge < -0.3 is 9.84 Å². The molecule has 22 heavy (non-hydrogen) atoms. The Morgan fingerprint density at radius 3 is 2.73 bits per heavy atom. The second-order valence-electron chi connectivity index (χ2n) is 4.81. The fourth-order valence-electron chi connectivity index (χ4n) is 2.12. The largest absolute Gasteiger partial charge is 0.343 e. The molecule has 3 rings (SSSR count). The van der Waals surface area contributed by atoms with Gasteiger partial charge in [0.25, 0.3) is 5.91 Å². The molecule has 112 valence electrons. The SMILES string of the molecule is Cc1noc(CNC(=O)c2cnn(-c3ccccc3)c2C)n1. The average molecular weight is 297 g/mol. The van der Waals surface area contributed by atoms with Gasteiger partial charge >= 0.3 is 0 Å². The van der Waals surface area contributed by atoms with Gasteiger partial charge in [-0.05, 0) is 26.0 Å². The van der Waals surface area contributed by atoms with Gasteiger partial charge in [0.1, 0.15) is 0 Å². The van der Waals surface area contributed by atoms with Crippen molar-refractivity contribution in [1.82, 2.24) is 25.2 Å². The predicted molar refractivity (Wildman–Crippen MR) is 78.5 cm³/mol. The number of rotatable bonds is 4. The highest BCUT2D eigenvalue weighted by molar-refractivity contribution is 5.95. The first-order valence-corrected chi connectivity index (χ1v) is 6.82. The molecule has 1 amide bonds. The monoisotopic (exact) mass is 297 g/mol. The molecular weight excluding hydrogens is 282 g/mol. The number of carbonyl (C=O) groups is 1. The first kappa shape index (κ1) is 14.0. The van der Waals surface area contributed by atoms with Crippen LogP contribution in [0, 0.1) is 13.8 Å². The van der Waals surface area contributed by atoms with Crippen molar-refractivity contribution in [2.24, 2.45) is 0 Å². The van der Waals surface area contributed by atoms with E-state index in [0.29, 0.717) is 17.3 Å². The topological polar surface area (TPSA) is 85.8 Å². The van der Waals surface area contributed by atoms with Crippen molar-refractivity contribution >= 4 is 5.91 Å². The van der Waals surface area contributed by atoms with E-state index in [0.717, 1.165) is 11.4 Å². The summed E-state index contributed by atoms with van der Waals surface area (Å²) >= 11 is 0. The van der Waals surface area contributed by atoms with Crippen molar-refractivity contribution in [3.8, 4) is 5.69 Å². The van der Waals surface area contributed by atoms with Crippen molar-refractivity contribution < 1.29 is 9.32 Å². The fourth-order valence-corrected chi connectivity index (χ4v) is 2.12. The third-order valence-corrected chi connectivity index (χ3v) is 3.22. The van der Waals surface area contributed by atoms with E-state index in [9.17, 15) is 4.79 Å². The van der Waals surface area contributed by atoms with E-state index < -0.39 is 0 Å². The summed E-state index contributed by atoms with van der Waals surface area (Å²) in [5.74, 6) is 0.687. The van der Waals surface area contributed by atoms with Gasteiger partial charge in [-0.1, -0.05) is 23.4 Å². The molecule has 0 bridgehead atoms. The Morgan fingerprint density at radius 2 is 2.05 bits per heavy atom. The molecular formula is C15H15N5O2. The third-order valence-electron chi connectivity index (χ3n) is 3.22. The molecule has 2 aromatic heterocycles. The quantitative estimate of drug-likeness (QED) is 0.793.